The molecule has 0 fully saturated rings. The van der Waals surface area contributed by atoms with Crippen molar-refractivity contribution in [2.24, 2.45) is 0 Å². The molecule has 1 aliphatic rings. The third-order valence-corrected chi connectivity index (χ3v) is 12.8. The Hall–Kier alpha value is -6.22. The molecule has 0 saturated carbocycles. The van der Waals surface area contributed by atoms with Crippen molar-refractivity contribution in [3.8, 4) is 22.3 Å². The van der Waals surface area contributed by atoms with Gasteiger partial charge in [-0.25, -0.2) is 0 Å². The number of rotatable bonds is 4. The number of hydrogen-bond donors (Lipinski definition) is 0. The van der Waals surface area contributed by atoms with Crippen LogP contribution in [0.4, 0.5) is 17.1 Å². The Morgan fingerprint density at radius 1 is 0.415 bits per heavy atom. The fourth-order valence-corrected chi connectivity index (χ4v) is 10.4. The molecular formula is C51H35NS. The van der Waals surface area contributed by atoms with Crippen LogP contribution < -0.4 is 4.90 Å². The highest BCUT2D eigenvalue weighted by molar-refractivity contribution is 7.26. The molecule has 9 aromatic carbocycles. The molecule has 0 aliphatic heterocycles. The molecule has 2 heteroatoms. The maximum atomic E-state index is 2.52. The Balaban J connectivity index is 1.24. The molecule has 1 heterocycles. The van der Waals surface area contributed by atoms with E-state index < -0.39 is 0 Å². The Morgan fingerprint density at radius 2 is 0.962 bits per heavy atom. The minimum Gasteiger partial charge on any atom is -0.310 e. The van der Waals surface area contributed by atoms with Gasteiger partial charge in [0.15, 0.2) is 0 Å². The number of thiophene rings is 1. The maximum absolute atomic E-state index is 2.52. The summed E-state index contributed by atoms with van der Waals surface area (Å²) in [7, 11) is 0. The summed E-state index contributed by atoms with van der Waals surface area (Å²) in [6, 6.07) is 65.4. The molecule has 53 heavy (non-hydrogen) atoms. The van der Waals surface area contributed by atoms with Crippen LogP contribution in [0.1, 0.15) is 25.0 Å². The smallest absolute Gasteiger partial charge is 0.0554 e. The fourth-order valence-electron chi connectivity index (χ4n) is 9.14. The standard InChI is InChI=1S/C51H35NS/c1-51(2)45-22-12-10-20-40(45)41-27-25-34(31-46(41)51)52(33-24-26-39-37-18-7-6-16-35(37)36-17-8-9-19-38(36)44(39)30-33)47-29-28-43-42-21-11-13-23-48(42)53-50(43)49(47)32-14-4-3-5-15-32/h3-31H,1-2H3. The van der Waals surface area contributed by atoms with E-state index in [-0.39, 0.29) is 5.41 Å². The molecule has 10 aromatic rings. The summed E-state index contributed by atoms with van der Waals surface area (Å²) in [4.78, 5) is 2.52. The average molecular weight is 694 g/mol. The molecule has 11 rings (SSSR count). The topological polar surface area (TPSA) is 3.24 Å². The third-order valence-electron chi connectivity index (χ3n) is 11.6. The van der Waals surface area contributed by atoms with Gasteiger partial charge in [0.05, 0.1) is 5.69 Å². The number of nitrogens with zero attached hydrogens (tertiary/aromatic N) is 1. The van der Waals surface area contributed by atoms with Crippen LogP contribution >= 0.6 is 11.3 Å². The second-order valence-corrected chi connectivity index (χ2v) is 15.9. The molecule has 0 radical (unpaired) electrons. The van der Waals surface area contributed by atoms with E-state index in [1.165, 1.54) is 91.6 Å². The second-order valence-electron chi connectivity index (χ2n) is 14.9. The van der Waals surface area contributed by atoms with Crippen molar-refractivity contribution >= 4 is 80.9 Å². The summed E-state index contributed by atoms with van der Waals surface area (Å²) in [5.74, 6) is 0. The summed E-state index contributed by atoms with van der Waals surface area (Å²) in [6.45, 7) is 4.75. The largest absolute Gasteiger partial charge is 0.310 e. The lowest BCUT2D eigenvalue weighted by Gasteiger charge is -2.30. The highest BCUT2D eigenvalue weighted by Crippen LogP contribution is 2.53. The zero-order valence-electron chi connectivity index (χ0n) is 29.6. The van der Waals surface area contributed by atoms with Gasteiger partial charge in [-0.15, -0.1) is 11.3 Å². The summed E-state index contributed by atoms with van der Waals surface area (Å²) in [5.41, 5.74) is 11.3. The SMILES string of the molecule is CC1(C)c2ccccc2-c2ccc(N(c3ccc4c5ccccc5c5ccccc5c4c3)c3ccc4c(sc5ccccc54)c3-c3ccccc3)cc21. The van der Waals surface area contributed by atoms with Crippen LogP contribution in [0.2, 0.25) is 0 Å². The van der Waals surface area contributed by atoms with Gasteiger partial charge < -0.3 is 4.90 Å². The van der Waals surface area contributed by atoms with Gasteiger partial charge in [-0.1, -0.05) is 153 Å². The van der Waals surface area contributed by atoms with Gasteiger partial charge >= 0.3 is 0 Å². The number of hydrogen-bond acceptors (Lipinski definition) is 2. The molecule has 0 bridgehead atoms. The van der Waals surface area contributed by atoms with Crippen molar-refractivity contribution in [3.63, 3.8) is 0 Å². The molecule has 0 spiro atoms. The lowest BCUT2D eigenvalue weighted by Crippen LogP contribution is -2.17. The highest BCUT2D eigenvalue weighted by atomic mass is 32.1. The van der Waals surface area contributed by atoms with Gasteiger partial charge in [0, 0.05) is 42.5 Å². The first-order valence-corrected chi connectivity index (χ1v) is 19.3. The first kappa shape index (κ1) is 30.4. The minimum atomic E-state index is -0.121. The van der Waals surface area contributed by atoms with E-state index in [1.807, 2.05) is 11.3 Å². The van der Waals surface area contributed by atoms with Crippen LogP contribution in [0.5, 0.6) is 0 Å². The quantitative estimate of drug-likeness (QED) is 0.166. The van der Waals surface area contributed by atoms with Gasteiger partial charge in [-0.3, -0.25) is 0 Å². The predicted octanol–water partition coefficient (Wildman–Crippen LogP) is 15.0. The summed E-state index contributed by atoms with van der Waals surface area (Å²) >= 11 is 1.90. The average Bonchev–Trinajstić information content (AvgIpc) is 3.70. The van der Waals surface area contributed by atoms with E-state index in [1.54, 1.807) is 0 Å². The van der Waals surface area contributed by atoms with Gasteiger partial charge in [0.2, 0.25) is 0 Å². The Morgan fingerprint density at radius 3 is 1.72 bits per heavy atom. The minimum absolute atomic E-state index is 0.121. The number of anilines is 3. The molecule has 1 aliphatic carbocycles. The number of fused-ring (bicyclic) bond motifs is 12. The van der Waals surface area contributed by atoms with Crippen molar-refractivity contribution in [3.05, 3.63) is 187 Å². The molecule has 0 atom stereocenters. The van der Waals surface area contributed by atoms with Crippen molar-refractivity contribution in [1.29, 1.82) is 0 Å². The Kier molecular flexibility index (Phi) is 6.53. The van der Waals surface area contributed by atoms with Crippen molar-refractivity contribution < 1.29 is 0 Å². The zero-order valence-corrected chi connectivity index (χ0v) is 30.4. The normalized spacial score (nSPS) is 13.2. The fraction of sp³-hybridized carbons (Fsp3) is 0.0588. The van der Waals surface area contributed by atoms with E-state index >= 15 is 0 Å². The van der Waals surface area contributed by atoms with Crippen LogP contribution in [0.15, 0.2) is 176 Å². The van der Waals surface area contributed by atoms with E-state index in [0.717, 1.165) is 11.4 Å². The molecule has 0 saturated heterocycles. The summed E-state index contributed by atoms with van der Waals surface area (Å²) in [5, 5.41) is 10.3. The second kappa shape index (κ2) is 11.4. The first-order chi connectivity index (χ1) is 26.1. The van der Waals surface area contributed by atoms with Gasteiger partial charge in [-0.05, 0) is 96.5 Å². The van der Waals surface area contributed by atoms with E-state index in [2.05, 4.69) is 195 Å². The molecule has 250 valence electrons. The molecular weight excluding hydrogens is 659 g/mol. The van der Waals surface area contributed by atoms with E-state index in [9.17, 15) is 0 Å². The summed E-state index contributed by atoms with van der Waals surface area (Å²) < 4.78 is 2.62. The van der Waals surface area contributed by atoms with E-state index in [0.29, 0.717) is 0 Å². The lowest BCUT2D eigenvalue weighted by atomic mass is 9.82. The molecule has 1 nitrogen and oxygen atoms in total. The van der Waals surface area contributed by atoms with Gasteiger partial charge in [-0.2, -0.15) is 0 Å². The van der Waals surface area contributed by atoms with Gasteiger partial charge in [0.25, 0.3) is 0 Å². The number of benzene rings is 9. The van der Waals surface area contributed by atoms with Crippen LogP contribution in [0.3, 0.4) is 0 Å². The third kappa shape index (κ3) is 4.43. The first-order valence-electron chi connectivity index (χ1n) is 18.4. The van der Waals surface area contributed by atoms with E-state index in [4.69, 9.17) is 0 Å². The molecule has 0 unspecified atom stereocenters. The predicted molar refractivity (Wildman–Crippen MR) is 230 cm³/mol. The molecule has 1 aromatic heterocycles. The highest BCUT2D eigenvalue weighted by Gasteiger charge is 2.36. The Labute approximate surface area is 313 Å². The Bertz CT molecular complexity index is 3060. The maximum Gasteiger partial charge on any atom is 0.0554 e. The van der Waals surface area contributed by atoms with Crippen LogP contribution in [0.25, 0.3) is 74.7 Å². The van der Waals surface area contributed by atoms with Crippen LogP contribution in [-0.2, 0) is 5.41 Å². The lowest BCUT2D eigenvalue weighted by molar-refractivity contribution is 0.660. The zero-order chi connectivity index (χ0) is 35.3. The van der Waals surface area contributed by atoms with Crippen molar-refractivity contribution in [1.82, 2.24) is 0 Å². The van der Waals surface area contributed by atoms with Crippen molar-refractivity contribution in [2.75, 3.05) is 4.90 Å². The van der Waals surface area contributed by atoms with Crippen LogP contribution in [0, 0.1) is 0 Å². The van der Waals surface area contributed by atoms with Gasteiger partial charge in [0.1, 0.15) is 0 Å². The molecule has 0 amide bonds. The van der Waals surface area contributed by atoms with Crippen LogP contribution in [-0.4, -0.2) is 0 Å². The summed E-state index contributed by atoms with van der Waals surface area (Å²) in [6.07, 6.45) is 0. The monoisotopic (exact) mass is 693 g/mol. The molecule has 0 N–H and O–H groups in total. The van der Waals surface area contributed by atoms with Crippen molar-refractivity contribution in [2.45, 2.75) is 19.3 Å².